The second-order valence-corrected chi connectivity index (χ2v) is 5.60. The van der Waals surface area contributed by atoms with Crippen molar-refractivity contribution in [3.05, 3.63) is 89.3 Å². The van der Waals surface area contributed by atoms with Gasteiger partial charge in [-0.1, -0.05) is 0 Å². The van der Waals surface area contributed by atoms with Gasteiger partial charge in [-0.3, -0.25) is 14.6 Å². The van der Waals surface area contributed by atoms with Crippen LogP contribution in [-0.2, 0) is 0 Å². The van der Waals surface area contributed by atoms with Crippen LogP contribution in [0.4, 0.5) is 28.9 Å². The number of anilines is 2. The minimum atomic E-state index is -1.12. The van der Waals surface area contributed by atoms with Crippen molar-refractivity contribution < 1.29 is 27.2 Å². The predicted molar refractivity (Wildman–Crippen MR) is 92.9 cm³/mol. The summed E-state index contributed by atoms with van der Waals surface area (Å²) in [6, 6.07) is 8.28. The average Bonchev–Trinajstić information content (AvgIpc) is 2.67. The summed E-state index contributed by atoms with van der Waals surface area (Å²) in [7, 11) is 0. The zero-order valence-electron chi connectivity index (χ0n) is 14.0. The molecule has 0 spiro atoms. The normalized spacial score (nSPS) is 10.4. The van der Waals surface area contributed by atoms with E-state index >= 15 is 0 Å². The van der Waals surface area contributed by atoms with Crippen LogP contribution in [0.3, 0.4) is 0 Å². The van der Waals surface area contributed by atoms with E-state index in [1.807, 2.05) is 0 Å². The van der Waals surface area contributed by atoms with Gasteiger partial charge in [0.2, 0.25) is 0 Å². The van der Waals surface area contributed by atoms with Gasteiger partial charge in [0, 0.05) is 29.7 Å². The topological polar surface area (TPSA) is 71.1 Å². The molecule has 0 saturated heterocycles. The fourth-order valence-corrected chi connectivity index (χ4v) is 2.21. The standard InChI is InChI=1S/C19H11F4N3O2/c20-13-4-2-11(7-15(13)22)25-18(27)10-1-6-17(24-9-10)19(28)26-12-3-5-14(21)16(23)8-12/h1-9H,(H,25,27)(H,26,28). The number of halogens is 4. The third-order valence-corrected chi connectivity index (χ3v) is 3.61. The highest BCUT2D eigenvalue weighted by Crippen LogP contribution is 2.16. The van der Waals surface area contributed by atoms with E-state index < -0.39 is 35.1 Å². The van der Waals surface area contributed by atoms with Crippen molar-refractivity contribution in [3.63, 3.8) is 0 Å². The molecule has 2 N–H and O–H groups in total. The highest BCUT2D eigenvalue weighted by atomic mass is 19.2. The first-order chi connectivity index (χ1) is 13.3. The molecule has 1 aromatic heterocycles. The molecule has 2 aromatic carbocycles. The molecular weight excluding hydrogens is 378 g/mol. The second kappa shape index (κ2) is 7.87. The van der Waals surface area contributed by atoms with Crippen molar-refractivity contribution in [2.24, 2.45) is 0 Å². The summed E-state index contributed by atoms with van der Waals surface area (Å²) in [5, 5.41) is 4.70. The molecule has 9 heteroatoms. The molecule has 0 aliphatic carbocycles. The van der Waals surface area contributed by atoms with Crippen molar-refractivity contribution in [1.29, 1.82) is 0 Å². The molecule has 0 unspecified atom stereocenters. The molecule has 3 aromatic rings. The Morgan fingerprint density at radius 3 is 1.68 bits per heavy atom. The minimum Gasteiger partial charge on any atom is -0.322 e. The molecule has 0 aliphatic rings. The summed E-state index contributed by atoms with van der Waals surface area (Å²) in [4.78, 5) is 28.0. The van der Waals surface area contributed by atoms with Crippen LogP contribution in [0.1, 0.15) is 20.8 Å². The first kappa shape index (κ1) is 19.0. The Kier molecular flexibility index (Phi) is 5.35. The number of carbonyl (C=O) groups is 2. The molecule has 0 saturated carbocycles. The van der Waals surface area contributed by atoms with Gasteiger partial charge in [0.15, 0.2) is 23.3 Å². The average molecular weight is 389 g/mol. The Bertz CT molecular complexity index is 971. The van der Waals surface area contributed by atoms with Crippen molar-refractivity contribution in [2.75, 3.05) is 10.6 Å². The first-order valence-electron chi connectivity index (χ1n) is 7.82. The van der Waals surface area contributed by atoms with E-state index in [4.69, 9.17) is 0 Å². The summed E-state index contributed by atoms with van der Waals surface area (Å²) in [5.74, 6) is -5.66. The molecule has 142 valence electrons. The van der Waals surface area contributed by atoms with Crippen molar-refractivity contribution in [2.45, 2.75) is 0 Å². The van der Waals surface area contributed by atoms with Gasteiger partial charge in [-0.25, -0.2) is 17.6 Å². The van der Waals surface area contributed by atoms with E-state index in [-0.39, 0.29) is 22.6 Å². The molecule has 0 radical (unpaired) electrons. The number of aromatic nitrogens is 1. The number of hydrogen-bond acceptors (Lipinski definition) is 3. The van der Waals surface area contributed by atoms with E-state index in [2.05, 4.69) is 15.6 Å². The molecular formula is C19H11F4N3O2. The molecule has 1 heterocycles. The van der Waals surface area contributed by atoms with Crippen LogP contribution < -0.4 is 10.6 Å². The molecule has 2 amide bonds. The lowest BCUT2D eigenvalue weighted by Crippen LogP contribution is -2.16. The number of carbonyl (C=O) groups excluding carboxylic acids is 2. The van der Waals surface area contributed by atoms with Gasteiger partial charge >= 0.3 is 0 Å². The molecule has 0 aliphatic heterocycles. The lowest BCUT2D eigenvalue weighted by atomic mass is 10.2. The number of hydrogen-bond donors (Lipinski definition) is 2. The summed E-state index contributed by atoms with van der Waals surface area (Å²) in [5.41, 5.74) is 0.0677. The number of nitrogens with zero attached hydrogens (tertiary/aromatic N) is 1. The molecule has 0 fully saturated rings. The van der Waals surface area contributed by atoms with Gasteiger partial charge in [0.1, 0.15) is 5.69 Å². The fraction of sp³-hybridized carbons (Fsp3) is 0. The van der Waals surface area contributed by atoms with E-state index in [1.54, 1.807) is 0 Å². The molecule has 0 atom stereocenters. The highest BCUT2D eigenvalue weighted by molar-refractivity contribution is 6.06. The van der Waals surface area contributed by atoms with Crippen LogP contribution in [0.2, 0.25) is 0 Å². The van der Waals surface area contributed by atoms with Gasteiger partial charge in [0.25, 0.3) is 11.8 Å². The summed E-state index contributed by atoms with van der Waals surface area (Å²) >= 11 is 0. The predicted octanol–water partition coefficient (Wildman–Crippen LogP) is 4.14. The Hall–Kier alpha value is -3.75. The van der Waals surface area contributed by atoms with Crippen LogP contribution in [0.15, 0.2) is 54.7 Å². The zero-order valence-corrected chi connectivity index (χ0v) is 14.0. The number of nitrogens with one attached hydrogen (secondary N) is 2. The third kappa shape index (κ3) is 4.32. The maximum absolute atomic E-state index is 13.2. The fourth-order valence-electron chi connectivity index (χ4n) is 2.21. The number of rotatable bonds is 4. The maximum Gasteiger partial charge on any atom is 0.274 e. The SMILES string of the molecule is O=C(Nc1ccc(F)c(F)c1)c1ccc(C(=O)Nc2ccc(F)c(F)c2)nc1. The van der Waals surface area contributed by atoms with Crippen LogP contribution >= 0.6 is 0 Å². The van der Waals surface area contributed by atoms with Gasteiger partial charge in [-0.05, 0) is 36.4 Å². The van der Waals surface area contributed by atoms with E-state index in [0.717, 1.165) is 30.5 Å². The number of pyridine rings is 1. The molecule has 3 rings (SSSR count). The zero-order chi connectivity index (χ0) is 20.3. The Morgan fingerprint density at radius 1 is 0.679 bits per heavy atom. The number of benzene rings is 2. The van der Waals surface area contributed by atoms with Crippen molar-refractivity contribution >= 4 is 23.2 Å². The van der Waals surface area contributed by atoms with E-state index in [1.165, 1.54) is 24.3 Å². The van der Waals surface area contributed by atoms with Crippen molar-refractivity contribution in [1.82, 2.24) is 4.98 Å². The highest BCUT2D eigenvalue weighted by Gasteiger charge is 2.13. The summed E-state index contributed by atoms with van der Waals surface area (Å²) < 4.78 is 52.1. The van der Waals surface area contributed by atoms with Crippen molar-refractivity contribution in [3.8, 4) is 0 Å². The minimum absolute atomic E-state index is 0.0332. The smallest absolute Gasteiger partial charge is 0.274 e. The van der Waals surface area contributed by atoms with Crippen LogP contribution in [0, 0.1) is 23.3 Å². The van der Waals surface area contributed by atoms with Crippen LogP contribution in [-0.4, -0.2) is 16.8 Å². The first-order valence-corrected chi connectivity index (χ1v) is 7.82. The molecule has 5 nitrogen and oxygen atoms in total. The van der Waals surface area contributed by atoms with E-state index in [9.17, 15) is 27.2 Å². The van der Waals surface area contributed by atoms with Gasteiger partial charge in [-0.15, -0.1) is 0 Å². The maximum atomic E-state index is 13.2. The molecule has 28 heavy (non-hydrogen) atoms. The van der Waals surface area contributed by atoms with Crippen LogP contribution in [0.5, 0.6) is 0 Å². The number of amides is 2. The van der Waals surface area contributed by atoms with Crippen LogP contribution in [0.25, 0.3) is 0 Å². The lowest BCUT2D eigenvalue weighted by Gasteiger charge is -2.07. The third-order valence-electron chi connectivity index (χ3n) is 3.61. The Morgan fingerprint density at radius 2 is 1.21 bits per heavy atom. The monoisotopic (exact) mass is 389 g/mol. The molecule has 0 bridgehead atoms. The Balaban J connectivity index is 1.67. The van der Waals surface area contributed by atoms with Gasteiger partial charge < -0.3 is 10.6 Å². The van der Waals surface area contributed by atoms with Gasteiger partial charge in [-0.2, -0.15) is 0 Å². The quantitative estimate of drug-likeness (QED) is 0.659. The lowest BCUT2D eigenvalue weighted by molar-refractivity contribution is 0.101. The second-order valence-electron chi connectivity index (χ2n) is 5.60. The van der Waals surface area contributed by atoms with Gasteiger partial charge in [0.05, 0.1) is 5.56 Å². The van der Waals surface area contributed by atoms with E-state index in [0.29, 0.717) is 0 Å². The summed E-state index contributed by atoms with van der Waals surface area (Å²) in [6.07, 6.45) is 1.11. The Labute approximate surface area is 156 Å². The largest absolute Gasteiger partial charge is 0.322 e. The summed E-state index contributed by atoms with van der Waals surface area (Å²) in [6.45, 7) is 0.